The fourth-order valence-corrected chi connectivity index (χ4v) is 7.24. The van der Waals surface area contributed by atoms with Crippen LogP contribution in [0.25, 0.3) is 0 Å². The van der Waals surface area contributed by atoms with E-state index in [1.165, 1.54) is 122 Å². The van der Waals surface area contributed by atoms with Gasteiger partial charge in [0.25, 0.3) is 0 Å². The van der Waals surface area contributed by atoms with Crippen LogP contribution in [0.15, 0.2) is 0 Å². The molecule has 336 valence electrons. The highest BCUT2D eigenvalue weighted by Gasteiger charge is 2.47. The zero-order valence-corrected chi connectivity index (χ0v) is 34.8. The van der Waals surface area contributed by atoms with Gasteiger partial charge in [-0.15, -0.1) is 0 Å². The molecule has 2 saturated heterocycles. The maximum Gasteiger partial charge on any atom is 0.306 e. The van der Waals surface area contributed by atoms with Crippen LogP contribution in [0.1, 0.15) is 162 Å². The number of carbonyl (C=O) groups excluding carboxylic acids is 2. The van der Waals surface area contributed by atoms with E-state index in [9.17, 15) is 45.3 Å². The van der Waals surface area contributed by atoms with Gasteiger partial charge in [0.05, 0.1) is 19.8 Å². The first-order valence-electron chi connectivity index (χ1n) is 22.1. The van der Waals surface area contributed by atoms with E-state index in [0.29, 0.717) is 6.42 Å². The molecule has 15 heteroatoms. The minimum atomic E-state index is -1.75. The summed E-state index contributed by atoms with van der Waals surface area (Å²) in [5.74, 6) is -1.11. The van der Waals surface area contributed by atoms with E-state index in [4.69, 9.17) is 28.4 Å². The van der Waals surface area contributed by atoms with E-state index in [2.05, 4.69) is 6.92 Å². The normalized spacial score (nSPS) is 28.3. The second kappa shape index (κ2) is 31.4. The van der Waals surface area contributed by atoms with Crippen molar-refractivity contribution >= 4 is 11.9 Å². The Hall–Kier alpha value is -1.50. The van der Waals surface area contributed by atoms with Crippen molar-refractivity contribution in [3.8, 4) is 0 Å². The first kappa shape index (κ1) is 51.6. The van der Waals surface area contributed by atoms with Crippen LogP contribution in [0, 0.1) is 0 Å². The summed E-state index contributed by atoms with van der Waals surface area (Å²) in [6, 6.07) is 0. The Morgan fingerprint density at radius 1 is 0.526 bits per heavy atom. The second-order valence-electron chi connectivity index (χ2n) is 16.0. The lowest BCUT2D eigenvalue weighted by Crippen LogP contribution is -2.61. The lowest BCUT2D eigenvalue weighted by atomic mass is 9.98. The molecule has 0 aliphatic carbocycles. The van der Waals surface area contributed by atoms with Gasteiger partial charge in [0.2, 0.25) is 0 Å². The number of esters is 2. The van der Waals surface area contributed by atoms with Crippen LogP contribution >= 0.6 is 0 Å². The number of aliphatic hydroxyl groups is 7. The highest BCUT2D eigenvalue weighted by molar-refractivity contribution is 5.69. The summed E-state index contributed by atoms with van der Waals surface area (Å²) >= 11 is 0. The van der Waals surface area contributed by atoms with Gasteiger partial charge in [-0.3, -0.25) is 9.59 Å². The fraction of sp³-hybridized carbons (Fsp3) is 0.952. The zero-order chi connectivity index (χ0) is 41.8. The van der Waals surface area contributed by atoms with Gasteiger partial charge in [-0.1, -0.05) is 142 Å². The Morgan fingerprint density at radius 3 is 1.37 bits per heavy atom. The zero-order valence-electron chi connectivity index (χ0n) is 34.8. The summed E-state index contributed by atoms with van der Waals surface area (Å²) < 4.78 is 32.5. The third kappa shape index (κ3) is 21.5. The Bertz CT molecular complexity index is 1020. The fourth-order valence-electron chi connectivity index (χ4n) is 7.24. The number of hydrogen-bond donors (Lipinski definition) is 7. The molecule has 0 saturated carbocycles. The molecule has 0 aromatic heterocycles. The maximum absolute atomic E-state index is 12.7. The average molecular weight is 823 g/mol. The molecule has 0 amide bonds. The van der Waals surface area contributed by atoms with Gasteiger partial charge >= 0.3 is 11.9 Å². The molecule has 0 bridgehead atoms. The summed E-state index contributed by atoms with van der Waals surface area (Å²) in [6.07, 6.45) is 11.4. The van der Waals surface area contributed by atoms with Crippen molar-refractivity contribution in [2.45, 2.75) is 229 Å². The average Bonchev–Trinajstić information content (AvgIpc) is 3.19. The number of unbranched alkanes of at least 4 members (excludes halogenated alkanes) is 21. The Balaban J connectivity index is 1.58. The van der Waals surface area contributed by atoms with Gasteiger partial charge in [-0.25, -0.2) is 0 Å². The van der Waals surface area contributed by atoms with Gasteiger partial charge < -0.3 is 64.2 Å². The van der Waals surface area contributed by atoms with Crippen molar-refractivity contribution in [3.05, 3.63) is 0 Å². The monoisotopic (exact) mass is 823 g/mol. The molecule has 2 aliphatic heterocycles. The van der Waals surface area contributed by atoms with Crippen molar-refractivity contribution in [1.29, 1.82) is 0 Å². The Kier molecular flexibility index (Phi) is 28.4. The highest BCUT2D eigenvalue weighted by atomic mass is 16.7. The van der Waals surface area contributed by atoms with E-state index in [-0.39, 0.29) is 19.6 Å². The van der Waals surface area contributed by atoms with Crippen LogP contribution in [0.5, 0.6) is 0 Å². The van der Waals surface area contributed by atoms with Crippen molar-refractivity contribution < 1.29 is 73.8 Å². The first-order valence-corrected chi connectivity index (χ1v) is 22.1. The summed E-state index contributed by atoms with van der Waals surface area (Å²) in [5.41, 5.74) is 0. The molecule has 2 aliphatic rings. The van der Waals surface area contributed by atoms with E-state index in [1.54, 1.807) is 0 Å². The molecular weight excluding hydrogens is 744 g/mol. The molecule has 0 spiro atoms. The number of hydrogen-bond acceptors (Lipinski definition) is 15. The van der Waals surface area contributed by atoms with Gasteiger partial charge in [0, 0.05) is 13.3 Å². The molecule has 11 unspecified atom stereocenters. The third-order valence-electron chi connectivity index (χ3n) is 10.9. The molecule has 7 N–H and O–H groups in total. The molecule has 2 rings (SSSR count). The van der Waals surface area contributed by atoms with Crippen LogP contribution < -0.4 is 0 Å². The van der Waals surface area contributed by atoms with Crippen molar-refractivity contribution in [1.82, 2.24) is 0 Å². The van der Waals surface area contributed by atoms with E-state index in [0.717, 1.165) is 19.3 Å². The van der Waals surface area contributed by atoms with E-state index < -0.39 is 92.7 Å². The number of rotatable bonds is 33. The Labute approximate surface area is 340 Å². The topological polar surface area (TPSA) is 231 Å². The minimum absolute atomic E-state index is 0.167. The van der Waals surface area contributed by atoms with E-state index >= 15 is 0 Å². The number of ether oxygens (including phenoxy) is 6. The SMILES string of the molecule is CCCCCCCCCCCCCCCCCCCCCCCCC(=O)OC(COC(C)=O)COC1OC(COC2OC(CO)C(O)C(O)C2O)C(O)C(O)C1O. The number of aliphatic hydroxyl groups excluding tert-OH is 7. The largest absolute Gasteiger partial charge is 0.462 e. The molecule has 11 atom stereocenters. The summed E-state index contributed by atoms with van der Waals surface area (Å²) in [6.45, 7) is 1.56. The first-order chi connectivity index (χ1) is 27.5. The predicted molar refractivity (Wildman–Crippen MR) is 211 cm³/mol. The minimum Gasteiger partial charge on any atom is -0.462 e. The van der Waals surface area contributed by atoms with E-state index in [1.807, 2.05) is 0 Å². The van der Waals surface area contributed by atoms with Crippen LogP contribution in [-0.4, -0.2) is 142 Å². The van der Waals surface area contributed by atoms with Crippen LogP contribution in [-0.2, 0) is 38.0 Å². The smallest absolute Gasteiger partial charge is 0.306 e. The predicted octanol–water partition coefficient (Wildman–Crippen LogP) is 4.09. The van der Waals surface area contributed by atoms with Crippen molar-refractivity contribution in [3.63, 3.8) is 0 Å². The molecule has 0 aromatic carbocycles. The van der Waals surface area contributed by atoms with Crippen LogP contribution in [0.4, 0.5) is 0 Å². The summed E-state index contributed by atoms with van der Waals surface area (Å²) in [7, 11) is 0. The van der Waals surface area contributed by atoms with Gasteiger partial charge in [0.15, 0.2) is 18.7 Å². The Morgan fingerprint density at radius 2 is 0.930 bits per heavy atom. The van der Waals surface area contributed by atoms with Gasteiger partial charge in [-0.2, -0.15) is 0 Å². The maximum atomic E-state index is 12.7. The number of carbonyl (C=O) groups is 2. The molecule has 57 heavy (non-hydrogen) atoms. The summed E-state index contributed by atoms with van der Waals surface area (Å²) in [5, 5.41) is 71.1. The van der Waals surface area contributed by atoms with Crippen molar-refractivity contribution in [2.75, 3.05) is 26.4 Å². The standard InChI is InChI=1S/C42H78O15/c1-3-4-5-6-7-8-9-10-11-12-13-14-15-16-17-18-19-20-21-22-23-24-25-34(45)55-31(27-52-30(2)44)28-53-41-40(51)38(49)36(47)33(57-41)29-54-42-39(50)37(48)35(46)32(26-43)56-42/h31-33,35-43,46-51H,3-29H2,1-2H3. The van der Waals surface area contributed by atoms with Crippen molar-refractivity contribution in [2.24, 2.45) is 0 Å². The molecule has 0 aromatic rings. The van der Waals surface area contributed by atoms with Crippen LogP contribution in [0.2, 0.25) is 0 Å². The van der Waals surface area contributed by atoms with Gasteiger partial charge in [-0.05, 0) is 6.42 Å². The summed E-state index contributed by atoms with van der Waals surface area (Å²) in [4.78, 5) is 24.1. The second-order valence-corrected chi connectivity index (χ2v) is 16.0. The quantitative estimate of drug-likeness (QED) is 0.0365. The third-order valence-corrected chi connectivity index (χ3v) is 10.9. The molecular formula is C42H78O15. The molecule has 2 fully saturated rings. The molecule has 0 radical (unpaired) electrons. The highest BCUT2D eigenvalue weighted by Crippen LogP contribution is 2.26. The molecule has 15 nitrogen and oxygen atoms in total. The van der Waals surface area contributed by atoms with Crippen LogP contribution in [0.3, 0.4) is 0 Å². The molecule has 2 heterocycles. The lowest BCUT2D eigenvalue weighted by molar-refractivity contribution is -0.332. The van der Waals surface area contributed by atoms with Gasteiger partial charge in [0.1, 0.15) is 55.4 Å². The lowest BCUT2D eigenvalue weighted by Gasteiger charge is -2.42.